The Bertz CT molecular complexity index is 1380. The molecule has 0 amide bonds. The Morgan fingerprint density at radius 1 is 1.05 bits per heavy atom. The quantitative estimate of drug-likeness (QED) is 0.376. The fraction of sp³-hybridized carbons (Fsp3) is 0.379. The second-order valence-electron chi connectivity index (χ2n) is 10.2. The molecule has 0 radical (unpaired) electrons. The Morgan fingerprint density at radius 2 is 1.76 bits per heavy atom. The maximum atomic E-state index is 13.0. The van der Waals surface area contributed by atoms with E-state index in [0.717, 1.165) is 33.6 Å². The van der Waals surface area contributed by atoms with Crippen molar-refractivity contribution in [3.8, 4) is 5.75 Å². The van der Waals surface area contributed by atoms with Gasteiger partial charge in [0.05, 0.1) is 11.3 Å². The van der Waals surface area contributed by atoms with E-state index in [1.807, 2.05) is 50.1 Å². The highest BCUT2D eigenvalue weighted by Crippen LogP contribution is 2.42. The standard InChI is InChI=1S/C29H32N2O5S/c1-15(2)12-31(25-24(26(32)27(25)33)28-30-19(6)14-37-28)22-10-16(3)17(4)11-23(22)36-13-21-8-7-20(29(34)35)9-18(21)5/h7-11,14-15,24-25H,12-13H2,1-6H3,(H,34,35). The molecule has 1 saturated carbocycles. The van der Waals surface area contributed by atoms with Crippen molar-refractivity contribution < 1.29 is 24.2 Å². The maximum Gasteiger partial charge on any atom is 0.335 e. The fourth-order valence-electron chi connectivity index (χ4n) is 4.60. The third-order valence-corrected chi connectivity index (χ3v) is 7.81. The molecule has 2 atom stereocenters. The van der Waals surface area contributed by atoms with Crippen molar-refractivity contribution in [2.45, 2.75) is 60.1 Å². The molecule has 194 valence electrons. The molecular weight excluding hydrogens is 488 g/mol. The van der Waals surface area contributed by atoms with Gasteiger partial charge in [-0.25, -0.2) is 9.78 Å². The van der Waals surface area contributed by atoms with E-state index < -0.39 is 29.5 Å². The summed E-state index contributed by atoms with van der Waals surface area (Å²) in [7, 11) is 0. The molecule has 1 heterocycles. The number of carbonyl (C=O) groups excluding carboxylic acids is 2. The summed E-state index contributed by atoms with van der Waals surface area (Å²) in [5, 5.41) is 11.8. The van der Waals surface area contributed by atoms with E-state index >= 15 is 0 Å². The molecule has 4 rings (SSSR count). The second-order valence-corrected chi connectivity index (χ2v) is 11.1. The van der Waals surface area contributed by atoms with Crippen LogP contribution in [0.2, 0.25) is 0 Å². The SMILES string of the molecule is Cc1csc(C2C(=O)C(=O)C2N(CC(C)C)c2cc(C)c(C)cc2OCc2ccc(C(=O)O)cc2C)n1. The number of carboxylic acids is 1. The lowest BCUT2D eigenvalue weighted by atomic mass is 9.75. The van der Waals surface area contributed by atoms with E-state index in [2.05, 4.69) is 18.8 Å². The number of Topliss-reactive ketones (excluding diaryl/α,β-unsaturated/α-hetero) is 2. The van der Waals surface area contributed by atoms with Crippen molar-refractivity contribution in [2.24, 2.45) is 5.92 Å². The number of ether oxygens (including phenoxy) is 1. The van der Waals surface area contributed by atoms with Crippen LogP contribution in [-0.2, 0) is 16.2 Å². The Kier molecular flexibility index (Phi) is 7.50. The molecule has 7 nitrogen and oxygen atoms in total. The molecule has 0 aliphatic heterocycles. The van der Waals surface area contributed by atoms with Gasteiger partial charge in [-0.15, -0.1) is 11.3 Å². The van der Waals surface area contributed by atoms with Gasteiger partial charge in [0.1, 0.15) is 29.3 Å². The molecule has 0 bridgehead atoms. The van der Waals surface area contributed by atoms with Gasteiger partial charge in [0.15, 0.2) is 0 Å². The molecule has 1 aliphatic rings. The van der Waals surface area contributed by atoms with Gasteiger partial charge in [-0.2, -0.15) is 0 Å². The summed E-state index contributed by atoms with van der Waals surface area (Å²) >= 11 is 1.41. The highest BCUT2D eigenvalue weighted by atomic mass is 32.1. The van der Waals surface area contributed by atoms with E-state index in [1.165, 1.54) is 11.3 Å². The molecule has 0 spiro atoms. The second kappa shape index (κ2) is 10.5. The average Bonchev–Trinajstić information content (AvgIpc) is 3.26. The van der Waals surface area contributed by atoms with Gasteiger partial charge in [-0.05, 0) is 80.1 Å². The van der Waals surface area contributed by atoms with Gasteiger partial charge in [-0.3, -0.25) is 9.59 Å². The smallest absolute Gasteiger partial charge is 0.335 e. The zero-order valence-corrected chi connectivity index (χ0v) is 22.8. The first kappa shape index (κ1) is 26.5. The van der Waals surface area contributed by atoms with Crippen LogP contribution in [0.5, 0.6) is 5.75 Å². The Hall–Kier alpha value is -3.52. The molecule has 3 aromatic rings. The lowest BCUT2D eigenvalue weighted by Crippen LogP contribution is -2.61. The highest BCUT2D eigenvalue weighted by molar-refractivity contribution is 7.10. The zero-order chi connectivity index (χ0) is 27.0. The summed E-state index contributed by atoms with van der Waals surface area (Å²) in [6, 6.07) is 8.31. The third kappa shape index (κ3) is 5.30. The van der Waals surface area contributed by atoms with E-state index in [4.69, 9.17) is 4.74 Å². The molecule has 1 aliphatic carbocycles. The first-order valence-corrected chi connectivity index (χ1v) is 13.2. The summed E-state index contributed by atoms with van der Waals surface area (Å²) in [4.78, 5) is 43.6. The molecular formula is C29H32N2O5S. The van der Waals surface area contributed by atoms with Crippen molar-refractivity contribution in [2.75, 3.05) is 11.4 Å². The first-order chi connectivity index (χ1) is 17.5. The molecule has 1 N–H and O–H groups in total. The topological polar surface area (TPSA) is 96.8 Å². The van der Waals surface area contributed by atoms with Crippen LogP contribution in [0.1, 0.15) is 63.1 Å². The number of carbonyl (C=O) groups is 3. The molecule has 2 aromatic carbocycles. The normalized spacial score (nSPS) is 17.2. The van der Waals surface area contributed by atoms with Crippen molar-refractivity contribution in [3.05, 3.63) is 74.2 Å². The summed E-state index contributed by atoms with van der Waals surface area (Å²) < 4.78 is 6.33. The first-order valence-electron chi connectivity index (χ1n) is 12.3. The van der Waals surface area contributed by atoms with Crippen LogP contribution in [0.25, 0.3) is 0 Å². The lowest BCUT2D eigenvalue weighted by Gasteiger charge is -2.43. The Morgan fingerprint density at radius 3 is 2.35 bits per heavy atom. The van der Waals surface area contributed by atoms with Gasteiger partial charge >= 0.3 is 5.97 Å². The molecule has 2 unspecified atom stereocenters. The Balaban J connectivity index is 1.72. The van der Waals surface area contributed by atoms with E-state index in [0.29, 0.717) is 17.3 Å². The van der Waals surface area contributed by atoms with Gasteiger partial charge in [0, 0.05) is 17.6 Å². The number of aryl methyl sites for hydroxylation is 4. The number of carboxylic acid groups (broad SMARTS) is 1. The summed E-state index contributed by atoms with van der Waals surface area (Å²) in [5.74, 6) is -1.52. The maximum absolute atomic E-state index is 13.0. The summed E-state index contributed by atoms with van der Waals surface area (Å²) in [6.45, 7) is 12.7. The van der Waals surface area contributed by atoms with Gasteiger partial charge in [0.25, 0.3) is 0 Å². The number of nitrogens with zero attached hydrogens (tertiary/aromatic N) is 2. The number of ketones is 2. The Labute approximate surface area is 221 Å². The summed E-state index contributed by atoms with van der Waals surface area (Å²) in [6.07, 6.45) is 0. The van der Waals surface area contributed by atoms with Crippen LogP contribution in [0, 0.1) is 33.6 Å². The summed E-state index contributed by atoms with van der Waals surface area (Å²) in [5.41, 5.74) is 5.62. The minimum absolute atomic E-state index is 0.224. The van der Waals surface area contributed by atoms with Crippen molar-refractivity contribution in [3.63, 3.8) is 0 Å². The number of thiazole rings is 1. The number of anilines is 1. The van der Waals surface area contributed by atoms with Crippen LogP contribution in [-0.4, -0.2) is 40.2 Å². The number of hydrogen-bond donors (Lipinski definition) is 1. The number of rotatable bonds is 9. The van der Waals surface area contributed by atoms with Crippen LogP contribution < -0.4 is 9.64 Å². The highest BCUT2D eigenvalue weighted by Gasteiger charge is 2.54. The van der Waals surface area contributed by atoms with E-state index in [1.54, 1.807) is 18.2 Å². The van der Waals surface area contributed by atoms with Crippen LogP contribution >= 0.6 is 11.3 Å². The van der Waals surface area contributed by atoms with Crippen molar-refractivity contribution >= 4 is 34.6 Å². The van der Waals surface area contributed by atoms with Gasteiger partial charge in [0.2, 0.25) is 11.6 Å². The molecule has 0 saturated heterocycles. The number of aromatic carboxylic acids is 1. The number of benzene rings is 2. The molecule has 1 fully saturated rings. The fourth-order valence-corrected chi connectivity index (χ4v) is 5.52. The molecule has 8 heteroatoms. The lowest BCUT2D eigenvalue weighted by molar-refractivity contribution is -0.145. The predicted octanol–water partition coefficient (Wildman–Crippen LogP) is 5.42. The number of hydrogen-bond acceptors (Lipinski definition) is 7. The number of aromatic nitrogens is 1. The average molecular weight is 521 g/mol. The monoisotopic (exact) mass is 520 g/mol. The van der Waals surface area contributed by atoms with Gasteiger partial charge in [-0.1, -0.05) is 19.9 Å². The van der Waals surface area contributed by atoms with E-state index in [-0.39, 0.29) is 18.1 Å². The van der Waals surface area contributed by atoms with Gasteiger partial charge < -0.3 is 14.7 Å². The largest absolute Gasteiger partial charge is 0.487 e. The van der Waals surface area contributed by atoms with E-state index in [9.17, 15) is 19.5 Å². The molecule has 37 heavy (non-hydrogen) atoms. The van der Waals surface area contributed by atoms with Crippen molar-refractivity contribution in [1.82, 2.24) is 4.98 Å². The van der Waals surface area contributed by atoms with Crippen LogP contribution in [0.3, 0.4) is 0 Å². The van der Waals surface area contributed by atoms with Crippen LogP contribution in [0.15, 0.2) is 35.7 Å². The van der Waals surface area contributed by atoms with Crippen LogP contribution in [0.4, 0.5) is 5.69 Å². The van der Waals surface area contributed by atoms with Crippen molar-refractivity contribution in [1.29, 1.82) is 0 Å². The minimum Gasteiger partial charge on any atom is -0.487 e. The zero-order valence-electron chi connectivity index (χ0n) is 22.0. The minimum atomic E-state index is -0.971. The predicted molar refractivity (Wildman–Crippen MR) is 144 cm³/mol. The third-order valence-electron chi connectivity index (χ3n) is 6.77. The molecule has 1 aromatic heterocycles.